The van der Waals surface area contributed by atoms with Gasteiger partial charge in [-0.25, -0.2) is 22.9 Å². The number of sulfonamides is 1. The van der Waals surface area contributed by atoms with Crippen LogP contribution in [0, 0.1) is 0 Å². The first-order chi connectivity index (χ1) is 8.85. The smallest absolute Gasteiger partial charge is 0.339 e. The molecule has 7 nitrogen and oxygen atoms in total. The van der Waals surface area contributed by atoms with Crippen molar-refractivity contribution in [1.82, 2.24) is 9.71 Å². The average Bonchev–Trinajstić information content (AvgIpc) is 2.28. The topological polar surface area (TPSA) is 108 Å². The first-order valence-corrected chi connectivity index (χ1v) is 7.50. The van der Waals surface area contributed by atoms with E-state index in [1.807, 2.05) is 0 Å². The Bertz CT molecular complexity index is 562. The maximum Gasteiger partial charge on any atom is 0.339 e. The molecule has 0 aliphatic heterocycles. The van der Waals surface area contributed by atoms with Crippen molar-refractivity contribution in [2.75, 3.05) is 24.2 Å². The quantitative estimate of drug-likeness (QED) is 0.643. The lowest BCUT2D eigenvalue weighted by Crippen LogP contribution is -2.29. The normalized spacial score (nSPS) is 11.3. The van der Waals surface area contributed by atoms with E-state index >= 15 is 0 Å². The Hall–Kier alpha value is -1.38. The van der Waals surface area contributed by atoms with Gasteiger partial charge in [0.1, 0.15) is 16.5 Å². The van der Waals surface area contributed by atoms with Gasteiger partial charge in [-0.2, -0.15) is 0 Å². The third kappa shape index (κ3) is 5.01. The van der Waals surface area contributed by atoms with Crippen molar-refractivity contribution in [2.24, 2.45) is 0 Å². The van der Waals surface area contributed by atoms with E-state index in [4.69, 9.17) is 16.7 Å². The lowest BCUT2D eigenvalue weighted by Gasteiger charge is -2.09. The summed E-state index contributed by atoms with van der Waals surface area (Å²) in [4.78, 5) is 14.8. The number of anilines is 1. The molecule has 0 aromatic carbocycles. The van der Waals surface area contributed by atoms with Crippen molar-refractivity contribution in [2.45, 2.75) is 6.92 Å². The maximum absolute atomic E-state index is 11.4. The van der Waals surface area contributed by atoms with E-state index in [9.17, 15) is 13.2 Å². The van der Waals surface area contributed by atoms with Gasteiger partial charge in [0.05, 0.1) is 5.75 Å². The van der Waals surface area contributed by atoms with E-state index in [-0.39, 0.29) is 28.8 Å². The van der Waals surface area contributed by atoms with Crippen LogP contribution in [0.15, 0.2) is 12.1 Å². The minimum Gasteiger partial charge on any atom is -0.478 e. The molecule has 1 aromatic heterocycles. The maximum atomic E-state index is 11.4. The second-order valence-electron chi connectivity index (χ2n) is 3.58. The van der Waals surface area contributed by atoms with Crippen molar-refractivity contribution in [3.05, 3.63) is 22.8 Å². The van der Waals surface area contributed by atoms with Crippen LogP contribution in [0.4, 0.5) is 5.82 Å². The summed E-state index contributed by atoms with van der Waals surface area (Å²) in [6, 6.07) is 2.66. The number of carbonyl (C=O) groups is 1. The molecule has 0 amide bonds. The van der Waals surface area contributed by atoms with Crippen LogP contribution in [0.2, 0.25) is 5.15 Å². The average molecular weight is 308 g/mol. The van der Waals surface area contributed by atoms with Gasteiger partial charge in [0.25, 0.3) is 0 Å². The zero-order valence-corrected chi connectivity index (χ0v) is 11.8. The first-order valence-electron chi connectivity index (χ1n) is 5.46. The summed E-state index contributed by atoms with van der Waals surface area (Å²) in [6.45, 7) is 2.01. The van der Waals surface area contributed by atoms with E-state index in [1.54, 1.807) is 6.92 Å². The fraction of sp³-hybridized carbons (Fsp3) is 0.400. The molecule has 0 radical (unpaired) electrons. The number of aromatic carboxylic acids is 1. The van der Waals surface area contributed by atoms with Crippen molar-refractivity contribution >= 4 is 33.4 Å². The zero-order valence-electron chi connectivity index (χ0n) is 10.2. The number of hydrogen-bond acceptors (Lipinski definition) is 5. The highest BCUT2D eigenvalue weighted by atomic mass is 35.5. The van der Waals surface area contributed by atoms with Crippen LogP contribution >= 0.6 is 11.6 Å². The number of carboxylic acids is 1. The van der Waals surface area contributed by atoms with Crippen LogP contribution in [0.5, 0.6) is 0 Å². The van der Waals surface area contributed by atoms with E-state index in [2.05, 4.69) is 15.0 Å². The van der Waals surface area contributed by atoms with Gasteiger partial charge in [-0.05, 0) is 12.1 Å². The van der Waals surface area contributed by atoms with Gasteiger partial charge < -0.3 is 10.4 Å². The number of rotatable bonds is 7. The molecule has 1 rings (SSSR count). The Labute approximate surface area is 116 Å². The van der Waals surface area contributed by atoms with E-state index in [1.165, 1.54) is 12.1 Å². The molecule has 0 aliphatic carbocycles. The zero-order chi connectivity index (χ0) is 14.5. The molecule has 3 N–H and O–H groups in total. The summed E-state index contributed by atoms with van der Waals surface area (Å²) in [7, 11) is -3.37. The predicted octanol–water partition coefficient (Wildman–Crippen LogP) is 0.784. The lowest BCUT2D eigenvalue weighted by atomic mass is 10.2. The Morgan fingerprint density at radius 1 is 1.47 bits per heavy atom. The molecule has 1 aromatic rings. The van der Waals surface area contributed by atoms with E-state index < -0.39 is 16.0 Å². The standard InChI is InChI=1S/C10H14ClN3O4S/c1-2-13-19(17,18)6-5-12-9-7(10(15)16)3-4-8(11)14-9/h3-4,13H,2,5-6H2,1H3,(H,12,14)(H,15,16). The molecule has 0 unspecified atom stereocenters. The molecule has 19 heavy (non-hydrogen) atoms. The van der Waals surface area contributed by atoms with Crippen LogP contribution in [-0.2, 0) is 10.0 Å². The number of hydrogen-bond donors (Lipinski definition) is 3. The second kappa shape index (κ2) is 6.69. The predicted molar refractivity (Wildman–Crippen MR) is 72.2 cm³/mol. The third-order valence-corrected chi connectivity index (χ3v) is 3.80. The van der Waals surface area contributed by atoms with Gasteiger partial charge in [-0.1, -0.05) is 18.5 Å². The number of pyridine rings is 1. The Balaban J connectivity index is 2.73. The summed E-state index contributed by atoms with van der Waals surface area (Å²) in [5.41, 5.74) is -0.0646. The molecule has 9 heteroatoms. The molecule has 0 spiro atoms. The molecule has 0 aliphatic rings. The summed E-state index contributed by atoms with van der Waals surface area (Å²) in [6.07, 6.45) is 0. The highest BCUT2D eigenvalue weighted by Gasteiger charge is 2.13. The number of aromatic nitrogens is 1. The largest absolute Gasteiger partial charge is 0.478 e. The minimum absolute atomic E-state index is 0.0307. The summed E-state index contributed by atoms with van der Waals surface area (Å²) >= 11 is 5.67. The Morgan fingerprint density at radius 2 is 2.16 bits per heavy atom. The summed E-state index contributed by atoms with van der Waals surface area (Å²) in [5, 5.41) is 11.7. The lowest BCUT2D eigenvalue weighted by molar-refractivity contribution is 0.0697. The van der Waals surface area contributed by atoms with Crippen molar-refractivity contribution < 1.29 is 18.3 Å². The fourth-order valence-corrected chi connectivity index (χ4v) is 2.44. The summed E-state index contributed by atoms with van der Waals surface area (Å²) in [5.74, 6) is -1.30. The highest BCUT2D eigenvalue weighted by molar-refractivity contribution is 7.89. The van der Waals surface area contributed by atoms with E-state index in [0.29, 0.717) is 6.54 Å². The summed E-state index contributed by atoms with van der Waals surface area (Å²) < 4.78 is 25.1. The van der Waals surface area contributed by atoms with Gasteiger partial charge in [0.15, 0.2) is 0 Å². The molecule has 1 heterocycles. The molecule has 0 fully saturated rings. The van der Waals surface area contributed by atoms with Crippen LogP contribution in [0.3, 0.4) is 0 Å². The van der Waals surface area contributed by atoms with Crippen molar-refractivity contribution in [3.8, 4) is 0 Å². The Kier molecular flexibility index (Phi) is 5.52. The van der Waals surface area contributed by atoms with E-state index in [0.717, 1.165) is 0 Å². The van der Waals surface area contributed by atoms with Gasteiger partial charge in [0.2, 0.25) is 10.0 Å². The number of nitrogens with zero attached hydrogens (tertiary/aromatic N) is 1. The molecule has 0 bridgehead atoms. The first kappa shape index (κ1) is 15.7. The number of halogens is 1. The van der Waals surface area contributed by atoms with Gasteiger partial charge in [0, 0.05) is 13.1 Å². The minimum atomic E-state index is -3.37. The molecule has 0 saturated carbocycles. The highest BCUT2D eigenvalue weighted by Crippen LogP contribution is 2.16. The molecule has 0 saturated heterocycles. The Morgan fingerprint density at radius 3 is 2.74 bits per heavy atom. The third-order valence-electron chi connectivity index (χ3n) is 2.12. The number of nitrogens with one attached hydrogen (secondary N) is 2. The van der Waals surface area contributed by atoms with Crippen LogP contribution < -0.4 is 10.0 Å². The van der Waals surface area contributed by atoms with Crippen LogP contribution in [-0.4, -0.2) is 43.3 Å². The SMILES string of the molecule is CCNS(=O)(=O)CCNc1nc(Cl)ccc1C(=O)O. The molecular weight excluding hydrogens is 294 g/mol. The van der Waals surface area contributed by atoms with Crippen LogP contribution in [0.1, 0.15) is 17.3 Å². The van der Waals surface area contributed by atoms with Crippen LogP contribution in [0.25, 0.3) is 0 Å². The van der Waals surface area contributed by atoms with Gasteiger partial charge >= 0.3 is 5.97 Å². The van der Waals surface area contributed by atoms with Crippen molar-refractivity contribution in [1.29, 1.82) is 0 Å². The molecule has 0 atom stereocenters. The molecular formula is C10H14ClN3O4S. The monoisotopic (exact) mass is 307 g/mol. The van der Waals surface area contributed by atoms with Gasteiger partial charge in [-0.3, -0.25) is 0 Å². The number of carboxylic acid groups (broad SMARTS) is 1. The van der Waals surface area contributed by atoms with Crippen molar-refractivity contribution in [3.63, 3.8) is 0 Å². The second-order valence-corrected chi connectivity index (χ2v) is 5.89. The van der Waals surface area contributed by atoms with Gasteiger partial charge in [-0.15, -0.1) is 0 Å². The molecule has 106 valence electrons. The fourth-order valence-electron chi connectivity index (χ4n) is 1.34.